The molecule has 0 spiro atoms. The molecule has 0 radical (unpaired) electrons. The fraction of sp³-hybridized carbons (Fsp3) is 0.476. The molecule has 7 nitrogen and oxygen atoms in total. The molecule has 3 aromatic rings. The van der Waals surface area contributed by atoms with Gasteiger partial charge in [-0.3, -0.25) is 0 Å². The molecular formula is C42H37F17O7. The number of hydrogen-bond donors (Lipinski definition) is 4. The summed E-state index contributed by atoms with van der Waals surface area (Å²) in [5, 5.41) is 36.7. The molecule has 3 rings (SSSR count). The summed E-state index contributed by atoms with van der Waals surface area (Å²) in [5.41, 5.74) is 1.57. The van der Waals surface area contributed by atoms with Crippen molar-refractivity contribution in [3.05, 3.63) is 89.0 Å². The Morgan fingerprint density at radius 2 is 0.833 bits per heavy atom. The quantitative estimate of drug-likeness (QED) is 0.0452. The van der Waals surface area contributed by atoms with Crippen LogP contribution in [0.2, 0.25) is 0 Å². The van der Waals surface area contributed by atoms with Crippen molar-refractivity contribution < 1.29 is 109 Å². The molecule has 0 saturated heterocycles. The fourth-order valence-corrected chi connectivity index (χ4v) is 5.20. The first-order chi connectivity index (χ1) is 30.4. The predicted octanol–water partition coefficient (Wildman–Crippen LogP) is 9.29. The van der Waals surface area contributed by atoms with Crippen molar-refractivity contribution in [3.63, 3.8) is 0 Å². The molecule has 0 fully saturated rings. The standard InChI is InChI=1S/C42H37F17O7/c43-35(44,36(45,46)37(47,48)38(49,50)39(51,52)40(53,54)41(55,56)42(57,58)59)19-3-1-2-4-20-64-34-21-28(6-5-26-9-15-32(16-10-26)65-24-30(62)22-60)8-14-29(34)13-7-27-11-17-33(18-12-27)66-25-31(63)23-61/h8-12,14-18,21,30-31,60-63H,1-4,19-20,22-25H2. The second-order valence-electron chi connectivity index (χ2n) is 14.2. The van der Waals surface area contributed by atoms with Crippen LogP contribution in [0.3, 0.4) is 0 Å². The average Bonchev–Trinajstić information content (AvgIpc) is 3.25. The minimum atomic E-state index is -8.68. The summed E-state index contributed by atoms with van der Waals surface area (Å²) >= 11 is 0. The van der Waals surface area contributed by atoms with E-state index in [4.69, 9.17) is 24.4 Å². The molecule has 0 bridgehead atoms. The predicted molar refractivity (Wildman–Crippen MR) is 198 cm³/mol. The van der Waals surface area contributed by atoms with Gasteiger partial charge in [0.05, 0.1) is 25.4 Å². The van der Waals surface area contributed by atoms with Crippen LogP contribution >= 0.6 is 0 Å². The SMILES string of the molecule is OCC(O)COc1ccc(C#Cc2ccc(C#Cc3ccc(OCC(O)CO)cc3)c(OCCCCCCC(F)(F)C(F)(F)C(F)(F)C(F)(F)C(F)(F)C(F)(F)C(F)(F)C(F)(F)F)c2)cc1. The van der Waals surface area contributed by atoms with Gasteiger partial charge >= 0.3 is 47.6 Å². The highest BCUT2D eigenvalue weighted by atomic mass is 19.4. The van der Waals surface area contributed by atoms with Crippen LogP contribution in [-0.4, -0.2) is 113 Å². The summed E-state index contributed by atoms with van der Waals surface area (Å²) in [6, 6.07) is 16.9. The Balaban J connectivity index is 1.73. The first kappa shape index (κ1) is 55.2. The van der Waals surface area contributed by atoms with E-state index < -0.39 is 92.3 Å². The minimum Gasteiger partial charge on any atom is -0.492 e. The molecule has 0 aliphatic heterocycles. The van der Waals surface area contributed by atoms with E-state index in [1.54, 1.807) is 42.5 Å². The van der Waals surface area contributed by atoms with Gasteiger partial charge in [0.2, 0.25) is 0 Å². The fourth-order valence-electron chi connectivity index (χ4n) is 5.20. The van der Waals surface area contributed by atoms with Gasteiger partial charge in [-0.05, 0) is 79.6 Å². The lowest BCUT2D eigenvalue weighted by Crippen LogP contribution is -2.74. The number of halogens is 17. The van der Waals surface area contributed by atoms with Gasteiger partial charge in [-0.25, -0.2) is 0 Å². The lowest BCUT2D eigenvalue weighted by molar-refractivity contribution is -0.461. The Bertz CT molecular complexity index is 2160. The molecule has 0 saturated carbocycles. The number of benzene rings is 3. The third-order valence-electron chi connectivity index (χ3n) is 9.12. The molecule has 4 N–H and O–H groups in total. The second kappa shape index (κ2) is 21.6. The summed E-state index contributed by atoms with van der Waals surface area (Å²) in [6.07, 6.45) is -14.8. The molecule has 3 aromatic carbocycles. The second-order valence-corrected chi connectivity index (χ2v) is 14.2. The normalized spacial score (nSPS) is 14.1. The monoisotopic (exact) mass is 976 g/mol. The van der Waals surface area contributed by atoms with Gasteiger partial charge in [-0.1, -0.05) is 36.5 Å². The number of aliphatic hydroxyl groups excluding tert-OH is 4. The first-order valence-electron chi connectivity index (χ1n) is 19.0. The molecule has 2 unspecified atom stereocenters. The Labute approximate surface area is 364 Å². The van der Waals surface area contributed by atoms with Crippen molar-refractivity contribution in [2.45, 2.75) is 91.9 Å². The van der Waals surface area contributed by atoms with Crippen molar-refractivity contribution in [3.8, 4) is 40.9 Å². The van der Waals surface area contributed by atoms with Gasteiger partial charge in [-0.2, -0.15) is 74.6 Å². The number of hydrogen-bond acceptors (Lipinski definition) is 7. The van der Waals surface area contributed by atoms with E-state index in [9.17, 15) is 84.9 Å². The zero-order chi connectivity index (χ0) is 50.0. The summed E-state index contributed by atoms with van der Waals surface area (Å²) in [7, 11) is 0. The van der Waals surface area contributed by atoms with Gasteiger partial charge < -0.3 is 34.6 Å². The molecule has 0 aliphatic carbocycles. The Morgan fingerprint density at radius 3 is 1.29 bits per heavy atom. The van der Waals surface area contributed by atoms with Gasteiger partial charge in [0.15, 0.2) is 0 Å². The van der Waals surface area contributed by atoms with Crippen LogP contribution in [0.25, 0.3) is 0 Å². The van der Waals surface area contributed by atoms with E-state index in [-0.39, 0.29) is 44.0 Å². The number of ether oxygens (including phenoxy) is 3. The highest BCUT2D eigenvalue weighted by Crippen LogP contribution is 2.64. The van der Waals surface area contributed by atoms with E-state index in [1.165, 1.54) is 24.3 Å². The molecular weight excluding hydrogens is 939 g/mol. The van der Waals surface area contributed by atoms with E-state index in [2.05, 4.69) is 23.7 Å². The average molecular weight is 977 g/mol. The number of aliphatic hydroxyl groups is 4. The van der Waals surface area contributed by atoms with Crippen molar-refractivity contribution in [1.29, 1.82) is 0 Å². The molecule has 0 aromatic heterocycles. The first-order valence-corrected chi connectivity index (χ1v) is 19.0. The van der Waals surface area contributed by atoms with Crippen LogP contribution < -0.4 is 14.2 Å². The summed E-state index contributed by atoms with van der Waals surface area (Å²) < 4.78 is 247. The van der Waals surface area contributed by atoms with E-state index in [0.29, 0.717) is 28.2 Å². The van der Waals surface area contributed by atoms with Crippen LogP contribution in [-0.2, 0) is 0 Å². The molecule has 0 aliphatic rings. The van der Waals surface area contributed by atoms with Crippen LogP contribution in [0.1, 0.15) is 54.4 Å². The summed E-state index contributed by atoms with van der Waals surface area (Å²) in [4.78, 5) is 0. The molecule has 0 heterocycles. The maximum Gasteiger partial charge on any atom is 0.460 e. The molecule has 24 heteroatoms. The Morgan fingerprint density at radius 1 is 0.439 bits per heavy atom. The molecule has 66 heavy (non-hydrogen) atoms. The maximum atomic E-state index is 14.3. The number of alkyl halides is 17. The highest BCUT2D eigenvalue weighted by Gasteiger charge is 2.95. The van der Waals surface area contributed by atoms with Crippen LogP contribution in [0.4, 0.5) is 74.6 Å². The van der Waals surface area contributed by atoms with Crippen molar-refractivity contribution in [2.24, 2.45) is 0 Å². The zero-order valence-electron chi connectivity index (χ0n) is 33.5. The lowest BCUT2D eigenvalue weighted by atomic mass is 9.88. The van der Waals surface area contributed by atoms with Gasteiger partial charge in [0.25, 0.3) is 0 Å². The largest absolute Gasteiger partial charge is 0.492 e. The van der Waals surface area contributed by atoms with E-state index in [0.717, 1.165) is 0 Å². The number of unbranched alkanes of at least 4 members (excludes halogenated alkanes) is 3. The Kier molecular flexibility index (Phi) is 18.1. The number of rotatable bonds is 22. The lowest BCUT2D eigenvalue weighted by Gasteiger charge is -2.42. The molecule has 2 atom stereocenters. The third-order valence-corrected chi connectivity index (χ3v) is 9.12. The Hall–Kier alpha value is -5.17. The van der Waals surface area contributed by atoms with E-state index >= 15 is 0 Å². The molecule has 0 amide bonds. The van der Waals surface area contributed by atoms with Gasteiger partial charge in [0.1, 0.15) is 42.7 Å². The summed E-state index contributed by atoms with van der Waals surface area (Å²) in [6.45, 7) is -1.70. The van der Waals surface area contributed by atoms with Crippen LogP contribution in [0.5, 0.6) is 17.2 Å². The van der Waals surface area contributed by atoms with Crippen LogP contribution in [0.15, 0.2) is 66.7 Å². The third kappa shape index (κ3) is 12.4. The molecule has 366 valence electrons. The van der Waals surface area contributed by atoms with Crippen molar-refractivity contribution in [1.82, 2.24) is 0 Å². The summed E-state index contributed by atoms with van der Waals surface area (Å²) in [5.74, 6) is -44.3. The van der Waals surface area contributed by atoms with E-state index in [1.807, 2.05) is 0 Å². The smallest absolute Gasteiger partial charge is 0.460 e. The zero-order valence-corrected chi connectivity index (χ0v) is 33.5. The van der Waals surface area contributed by atoms with Crippen molar-refractivity contribution >= 4 is 0 Å². The topological polar surface area (TPSA) is 109 Å². The van der Waals surface area contributed by atoms with Crippen molar-refractivity contribution in [2.75, 3.05) is 33.0 Å². The van der Waals surface area contributed by atoms with Gasteiger partial charge in [-0.15, -0.1) is 0 Å². The van der Waals surface area contributed by atoms with Gasteiger partial charge in [0, 0.05) is 23.1 Å². The maximum absolute atomic E-state index is 14.3. The highest BCUT2D eigenvalue weighted by molar-refractivity contribution is 5.55. The minimum absolute atomic E-state index is 0.0862. The van der Waals surface area contributed by atoms with Crippen LogP contribution in [0, 0.1) is 23.7 Å².